The molecule has 1 aromatic rings. The van der Waals surface area contributed by atoms with Gasteiger partial charge in [0.25, 0.3) is 5.91 Å². The number of aliphatic hydroxyl groups excluding tert-OH is 1. The lowest BCUT2D eigenvalue weighted by Gasteiger charge is -2.14. The highest BCUT2D eigenvalue weighted by Gasteiger charge is 2.14. The molecule has 4 heteroatoms. The van der Waals surface area contributed by atoms with Gasteiger partial charge in [0.05, 0.1) is 12.7 Å². The second-order valence-electron chi connectivity index (χ2n) is 4.80. The number of aliphatic hydroxyl groups is 1. The predicted molar refractivity (Wildman–Crippen MR) is 75.5 cm³/mol. The summed E-state index contributed by atoms with van der Waals surface area (Å²) < 4.78 is 5.10. The van der Waals surface area contributed by atoms with Crippen molar-refractivity contribution in [1.82, 2.24) is 5.32 Å². The maximum Gasteiger partial charge on any atom is 0.251 e. The summed E-state index contributed by atoms with van der Waals surface area (Å²) in [5.41, 5.74) is 3.74. The number of nitrogens with one attached hydrogen (secondary N) is 1. The average molecular weight is 265 g/mol. The van der Waals surface area contributed by atoms with Gasteiger partial charge in [0.15, 0.2) is 0 Å². The van der Waals surface area contributed by atoms with Gasteiger partial charge in [0.1, 0.15) is 0 Å². The van der Waals surface area contributed by atoms with E-state index < -0.39 is 6.10 Å². The summed E-state index contributed by atoms with van der Waals surface area (Å²) in [4.78, 5) is 12.1. The van der Waals surface area contributed by atoms with Crippen LogP contribution in [0.25, 0.3) is 0 Å². The maximum atomic E-state index is 12.1. The minimum absolute atomic E-state index is 0.148. The fourth-order valence-electron chi connectivity index (χ4n) is 2.15. The van der Waals surface area contributed by atoms with Crippen molar-refractivity contribution in [3.05, 3.63) is 34.4 Å². The van der Waals surface area contributed by atoms with E-state index in [1.807, 2.05) is 39.8 Å². The Morgan fingerprint density at radius 3 is 2.42 bits per heavy atom. The standard InChI is InChI=1S/C15H23NO3/c1-5-19-9-13(17)8-16-15(18)14-11(3)6-10(2)7-12(14)4/h6-7,13,17H,5,8-9H2,1-4H3,(H,16,18)/t13-/m0/s1. The van der Waals surface area contributed by atoms with Gasteiger partial charge in [-0.1, -0.05) is 17.7 Å². The van der Waals surface area contributed by atoms with E-state index >= 15 is 0 Å². The highest BCUT2D eigenvalue weighted by atomic mass is 16.5. The third-order valence-electron chi connectivity index (χ3n) is 2.92. The van der Waals surface area contributed by atoms with Crippen molar-refractivity contribution in [1.29, 1.82) is 0 Å². The van der Waals surface area contributed by atoms with E-state index in [-0.39, 0.29) is 19.1 Å². The lowest BCUT2D eigenvalue weighted by Crippen LogP contribution is -2.35. The van der Waals surface area contributed by atoms with E-state index in [4.69, 9.17) is 4.74 Å². The fraction of sp³-hybridized carbons (Fsp3) is 0.533. The highest BCUT2D eigenvalue weighted by Crippen LogP contribution is 2.16. The molecular formula is C15H23NO3. The van der Waals surface area contributed by atoms with Crippen molar-refractivity contribution in [3.8, 4) is 0 Å². The average Bonchev–Trinajstić information content (AvgIpc) is 2.32. The Kier molecular flexibility index (Phi) is 5.99. The van der Waals surface area contributed by atoms with Gasteiger partial charge in [-0.3, -0.25) is 4.79 Å². The monoisotopic (exact) mass is 265 g/mol. The zero-order valence-corrected chi connectivity index (χ0v) is 12.1. The summed E-state index contributed by atoms with van der Waals surface area (Å²) >= 11 is 0. The van der Waals surface area contributed by atoms with Gasteiger partial charge in [-0.15, -0.1) is 0 Å². The van der Waals surface area contributed by atoms with Crippen molar-refractivity contribution in [2.75, 3.05) is 19.8 Å². The number of ether oxygens (including phenoxy) is 1. The van der Waals surface area contributed by atoms with Gasteiger partial charge in [-0.2, -0.15) is 0 Å². The lowest BCUT2D eigenvalue weighted by molar-refractivity contribution is 0.0418. The number of carbonyl (C=O) groups excluding carboxylic acids is 1. The first kappa shape index (κ1) is 15.7. The van der Waals surface area contributed by atoms with Crippen molar-refractivity contribution >= 4 is 5.91 Å². The topological polar surface area (TPSA) is 58.6 Å². The molecule has 106 valence electrons. The first-order chi connectivity index (χ1) is 8.95. The Balaban J connectivity index is 2.64. The first-order valence-electron chi connectivity index (χ1n) is 6.57. The Morgan fingerprint density at radius 1 is 1.32 bits per heavy atom. The summed E-state index contributed by atoms with van der Waals surface area (Å²) in [6.07, 6.45) is -0.671. The molecule has 0 spiro atoms. The third-order valence-corrected chi connectivity index (χ3v) is 2.92. The molecule has 0 aliphatic rings. The molecule has 1 atom stereocenters. The van der Waals surface area contributed by atoms with Gasteiger partial charge in [0.2, 0.25) is 0 Å². The SMILES string of the molecule is CCOC[C@@H](O)CNC(=O)c1c(C)cc(C)cc1C. The first-order valence-corrected chi connectivity index (χ1v) is 6.57. The second-order valence-corrected chi connectivity index (χ2v) is 4.80. The zero-order valence-electron chi connectivity index (χ0n) is 12.1. The zero-order chi connectivity index (χ0) is 14.4. The van der Waals surface area contributed by atoms with Crippen LogP contribution < -0.4 is 5.32 Å². The van der Waals surface area contributed by atoms with Gasteiger partial charge in [-0.05, 0) is 38.8 Å². The maximum absolute atomic E-state index is 12.1. The third kappa shape index (κ3) is 4.65. The Morgan fingerprint density at radius 2 is 1.89 bits per heavy atom. The molecule has 1 rings (SSSR count). The van der Waals surface area contributed by atoms with Crippen LogP contribution >= 0.6 is 0 Å². The van der Waals surface area contributed by atoms with Crippen molar-refractivity contribution in [2.45, 2.75) is 33.8 Å². The molecule has 1 amide bonds. The Labute approximate surface area is 114 Å². The van der Waals surface area contributed by atoms with E-state index in [0.29, 0.717) is 12.2 Å². The molecule has 0 unspecified atom stereocenters. The largest absolute Gasteiger partial charge is 0.389 e. The number of aryl methyl sites for hydroxylation is 3. The molecule has 2 N–H and O–H groups in total. The molecule has 0 aromatic heterocycles. The van der Waals surface area contributed by atoms with E-state index in [1.54, 1.807) is 0 Å². The lowest BCUT2D eigenvalue weighted by atomic mass is 9.99. The predicted octanol–water partition coefficient (Wildman–Crippen LogP) is 1.74. The molecule has 0 saturated heterocycles. The molecule has 4 nitrogen and oxygen atoms in total. The van der Waals surface area contributed by atoms with Crippen molar-refractivity contribution in [2.24, 2.45) is 0 Å². The van der Waals surface area contributed by atoms with Crippen LogP contribution in [0.4, 0.5) is 0 Å². The van der Waals surface area contributed by atoms with E-state index in [2.05, 4.69) is 5.32 Å². The second kappa shape index (κ2) is 7.26. The highest BCUT2D eigenvalue weighted by molar-refractivity contribution is 5.97. The summed E-state index contributed by atoms with van der Waals surface area (Å²) in [7, 11) is 0. The van der Waals surface area contributed by atoms with Gasteiger partial charge in [0, 0.05) is 18.7 Å². The summed E-state index contributed by atoms with van der Waals surface area (Å²) in [6.45, 7) is 8.71. The van der Waals surface area contributed by atoms with Crippen LogP contribution in [0.1, 0.15) is 34.0 Å². The van der Waals surface area contributed by atoms with Crippen LogP contribution in [-0.2, 0) is 4.74 Å². The number of amides is 1. The van der Waals surface area contributed by atoms with E-state index in [9.17, 15) is 9.90 Å². The smallest absolute Gasteiger partial charge is 0.251 e. The quantitative estimate of drug-likeness (QED) is 0.823. The Hall–Kier alpha value is -1.39. The number of hydrogen-bond donors (Lipinski definition) is 2. The van der Waals surface area contributed by atoms with Crippen LogP contribution in [0.15, 0.2) is 12.1 Å². The molecule has 0 saturated carbocycles. The summed E-state index contributed by atoms with van der Waals surface area (Å²) in [5.74, 6) is -0.148. The van der Waals surface area contributed by atoms with Crippen molar-refractivity contribution < 1.29 is 14.6 Å². The van der Waals surface area contributed by atoms with Crippen LogP contribution in [0, 0.1) is 20.8 Å². The van der Waals surface area contributed by atoms with E-state index in [0.717, 1.165) is 16.7 Å². The van der Waals surface area contributed by atoms with E-state index in [1.165, 1.54) is 0 Å². The van der Waals surface area contributed by atoms with Crippen LogP contribution in [-0.4, -0.2) is 36.9 Å². The van der Waals surface area contributed by atoms with Gasteiger partial charge in [-0.25, -0.2) is 0 Å². The minimum atomic E-state index is -0.671. The molecule has 0 radical (unpaired) electrons. The van der Waals surface area contributed by atoms with Gasteiger partial charge < -0.3 is 15.2 Å². The summed E-state index contributed by atoms with van der Waals surface area (Å²) in [5, 5.41) is 12.4. The minimum Gasteiger partial charge on any atom is -0.389 e. The number of carbonyl (C=O) groups is 1. The fourth-order valence-corrected chi connectivity index (χ4v) is 2.15. The van der Waals surface area contributed by atoms with Crippen molar-refractivity contribution in [3.63, 3.8) is 0 Å². The molecule has 0 heterocycles. The molecule has 0 aliphatic heterocycles. The number of rotatable bonds is 6. The molecule has 0 bridgehead atoms. The Bertz CT molecular complexity index is 420. The van der Waals surface area contributed by atoms with Gasteiger partial charge >= 0.3 is 0 Å². The van der Waals surface area contributed by atoms with Crippen LogP contribution in [0.3, 0.4) is 0 Å². The molecule has 0 aliphatic carbocycles. The van der Waals surface area contributed by atoms with Crippen LogP contribution in [0.5, 0.6) is 0 Å². The molecule has 19 heavy (non-hydrogen) atoms. The molecule has 0 fully saturated rings. The van der Waals surface area contributed by atoms with Crippen LogP contribution in [0.2, 0.25) is 0 Å². The normalized spacial score (nSPS) is 12.3. The molecule has 1 aromatic carbocycles. The summed E-state index contributed by atoms with van der Waals surface area (Å²) in [6, 6.07) is 3.97. The number of benzene rings is 1. The molecular weight excluding hydrogens is 242 g/mol. The number of hydrogen-bond acceptors (Lipinski definition) is 3.